The molecule has 322 valence electrons. The lowest BCUT2D eigenvalue weighted by Crippen LogP contribution is -2.61. The number of methoxy groups -OCH3 is 1. The molecule has 0 aromatic heterocycles. The smallest absolute Gasteiger partial charge is 0.311 e. The maximum absolute atomic E-state index is 14.1. The van der Waals surface area contributed by atoms with E-state index in [0.29, 0.717) is 6.42 Å². The van der Waals surface area contributed by atoms with Crippen LogP contribution in [0.3, 0.4) is 0 Å². The van der Waals surface area contributed by atoms with Gasteiger partial charge in [0.05, 0.1) is 47.6 Å². The van der Waals surface area contributed by atoms with Gasteiger partial charge in [0.1, 0.15) is 29.7 Å². The molecule has 0 aromatic rings. The van der Waals surface area contributed by atoms with Gasteiger partial charge in [0, 0.05) is 37.3 Å². The maximum atomic E-state index is 14.1. The molecule has 3 saturated heterocycles. The fourth-order valence-electron chi connectivity index (χ4n) is 8.41. The highest BCUT2D eigenvalue weighted by Gasteiger charge is 2.53. The average Bonchev–Trinajstić information content (AvgIpc) is 3.05. The van der Waals surface area contributed by atoms with Gasteiger partial charge in [-0.2, -0.15) is 0 Å². The monoisotopic (exact) mass is 787 g/mol. The fraction of sp³-hybridized carbons (Fsp3) is 0.946. The van der Waals surface area contributed by atoms with Crippen LogP contribution in [0.15, 0.2) is 0 Å². The van der Waals surface area contributed by atoms with Crippen LogP contribution in [-0.2, 0) is 38.0 Å². The van der Waals surface area contributed by atoms with Gasteiger partial charge in [-0.25, -0.2) is 0 Å². The number of hydrogen-bond acceptors (Lipinski definition) is 14. The molecule has 0 aliphatic carbocycles. The average molecular weight is 788 g/mol. The molecule has 0 unspecified atom stereocenters. The molecule has 3 fully saturated rings. The first-order valence-electron chi connectivity index (χ1n) is 18.5. The number of ketones is 1. The number of nitrogens with zero attached hydrogens (tertiary/aromatic N) is 1. The molecule has 0 aromatic carbocycles. The quantitative estimate of drug-likeness (QED) is 0.200. The first-order valence-corrected chi connectivity index (χ1v) is 18.5. The highest BCUT2D eigenvalue weighted by Crippen LogP contribution is 2.40. The predicted octanol–water partition coefficient (Wildman–Crippen LogP) is -0.688. The van der Waals surface area contributed by atoms with Crippen LogP contribution >= 0.6 is 0 Å². The second-order valence-electron chi connectivity index (χ2n) is 16.5. The number of aliphatic hydroxyl groups excluding tert-OH is 3. The Hall–Kier alpha value is -1.42. The van der Waals surface area contributed by atoms with Crippen molar-refractivity contribution in [2.45, 2.75) is 179 Å². The fourth-order valence-corrected chi connectivity index (χ4v) is 8.41. The molecule has 0 saturated carbocycles. The van der Waals surface area contributed by atoms with Gasteiger partial charge in [-0.3, -0.25) is 9.59 Å². The summed E-state index contributed by atoms with van der Waals surface area (Å²) in [5.74, 6) is -4.98. The van der Waals surface area contributed by atoms with Gasteiger partial charge in [0.15, 0.2) is 12.6 Å². The lowest BCUT2D eigenvalue weighted by molar-refractivity contribution is -0.318. The van der Waals surface area contributed by atoms with E-state index in [2.05, 4.69) is 0 Å². The van der Waals surface area contributed by atoms with Gasteiger partial charge in [-0.15, -0.1) is 0 Å². The minimum atomic E-state index is -1.99. The molecular formula is C37H73NO16. The molecular weight excluding hydrogens is 714 g/mol. The van der Waals surface area contributed by atoms with Crippen molar-refractivity contribution in [2.75, 3.05) is 21.2 Å². The summed E-state index contributed by atoms with van der Waals surface area (Å²) < 4.78 is 37.1. The van der Waals surface area contributed by atoms with Crippen LogP contribution in [0.25, 0.3) is 0 Å². The third-order valence-corrected chi connectivity index (χ3v) is 11.8. The highest BCUT2D eigenvalue weighted by molar-refractivity contribution is 5.83. The number of Topliss-reactive ketones (excluding diaryl/α,β-unsaturated/α-hetero) is 1. The molecule has 0 amide bonds. The summed E-state index contributed by atoms with van der Waals surface area (Å²) >= 11 is 0. The molecule has 0 bridgehead atoms. The molecule has 18 atom stereocenters. The van der Waals surface area contributed by atoms with Gasteiger partial charge < -0.3 is 75.3 Å². The van der Waals surface area contributed by atoms with Crippen LogP contribution in [-0.4, -0.2) is 164 Å². The maximum Gasteiger partial charge on any atom is 0.311 e. The van der Waals surface area contributed by atoms with Crippen LogP contribution < -0.4 is 0 Å². The number of carbonyl (C=O) groups is 2. The molecule has 11 N–H and O–H groups in total. The minimum absolute atomic E-state index is 0. The van der Waals surface area contributed by atoms with Crippen LogP contribution in [0.4, 0.5) is 0 Å². The molecule has 0 radical (unpaired) electrons. The molecule has 0 spiro atoms. The summed E-state index contributed by atoms with van der Waals surface area (Å²) in [5, 5.41) is 57.6. The number of rotatable bonds is 7. The number of cyclic esters (lactones) is 1. The van der Waals surface area contributed by atoms with Gasteiger partial charge in [-0.05, 0) is 74.9 Å². The van der Waals surface area contributed by atoms with Crippen molar-refractivity contribution in [2.24, 2.45) is 23.7 Å². The Bertz CT molecular complexity index is 1170. The number of ether oxygens (including phenoxy) is 6. The first kappa shape index (κ1) is 52.6. The van der Waals surface area contributed by atoms with E-state index in [1.54, 1.807) is 41.5 Å². The normalized spacial score (nSPS) is 47.0. The summed E-state index contributed by atoms with van der Waals surface area (Å²) in [7, 11) is 5.18. The van der Waals surface area contributed by atoms with Crippen molar-refractivity contribution >= 4 is 11.8 Å². The van der Waals surface area contributed by atoms with Crippen LogP contribution in [0.1, 0.15) is 94.9 Å². The largest absolute Gasteiger partial charge is 0.459 e. The Kier molecular flexibility index (Phi) is 19.8. The van der Waals surface area contributed by atoms with Crippen LogP contribution in [0, 0.1) is 23.7 Å². The van der Waals surface area contributed by atoms with Crippen LogP contribution in [0.2, 0.25) is 0 Å². The first-order chi connectivity index (χ1) is 23.4. The lowest BCUT2D eigenvalue weighted by atomic mass is 9.74. The molecule has 3 heterocycles. The summed E-state index contributed by atoms with van der Waals surface area (Å²) in [6.07, 6.45) is -9.71. The zero-order valence-electron chi connectivity index (χ0n) is 34.4. The van der Waals surface area contributed by atoms with Crippen molar-refractivity contribution in [3.8, 4) is 0 Å². The van der Waals surface area contributed by atoms with Gasteiger partial charge in [-0.1, -0.05) is 27.7 Å². The molecule has 54 heavy (non-hydrogen) atoms. The van der Waals surface area contributed by atoms with E-state index in [0.717, 1.165) is 0 Å². The van der Waals surface area contributed by atoms with E-state index < -0.39 is 108 Å². The summed E-state index contributed by atoms with van der Waals surface area (Å²) in [4.78, 5) is 29.8. The Balaban J connectivity index is 0.00000936. The Morgan fingerprint density at radius 2 is 1.43 bits per heavy atom. The number of hydrogen-bond donors (Lipinski definition) is 5. The third-order valence-electron chi connectivity index (χ3n) is 11.8. The van der Waals surface area contributed by atoms with E-state index in [1.807, 2.05) is 25.9 Å². The molecule has 3 rings (SSSR count). The highest BCUT2D eigenvalue weighted by atomic mass is 16.7. The van der Waals surface area contributed by atoms with Crippen molar-refractivity contribution in [1.82, 2.24) is 4.90 Å². The van der Waals surface area contributed by atoms with Crippen molar-refractivity contribution < 1.29 is 80.0 Å². The van der Waals surface area contributed by atoms with Gasteiger partial charge in [0.2, 0.25) is 0 Å². The Morgan fingerprint density at radius 1 is 0.852 bits per heavy atom. The minimum Gasteiger partial charge on any atom is -0.459 e. The van der Waals surface area contributed by atoms with Crippen molar-refractivity contribution in [3.05, 3.63) is 0 Å². The number of carbonyl (C=O) groups excluding carboxylic acids is 2. The number of aliphatic hydroxyl groups is 5. The van der Waals surface area contributed by atoms with E-state index in [9.17, 15) is 35.1 Å². The SMILES string of the molecule is CC[C@H]1OC(=O)[C@H](C)[C@@H](O[C@H]2C[C@@](C)(OC)[C@@H](O)[C@H](C)O2)[C@@H](C)[C@@H](O[C@@H]2O[C@H](C)C[C@H](N(C)C)[C@H]2O)[C@](C)(O)C[C@@H](C)C(=O)[C@H](C)[C@H](O)[C@]1(C)O.O.O.O. The van der Waals surface area contributed by atoms with E-state index in [4.69, 9.17) is 28.4 Å². The third kappa shape index (κ3) is 11.2. The summed E-state index contributed by atoms with van der Waals surface area (Å²) in [5.41, 5.74) is -4.84. The molecule has 17 nitrogen and oxygen atoms in total. The van der Waals surface area contributed by atoms with Gasteiger partial charge >= 0.3 is 5.97 Å². The topological polar surface area (TPSA) is 288 Å². The van der Waals surface area contributed by atoms with E-state index >= 15 is 0 Å². The Morgan fingerprint density at radius 3 is 1.94 bits per heavy atom. The summed E-state index contributed by atoms with van der Waals surface area (Å²) in [6, 6.07) is -0.324. The molecule has 3 aliphatic heterocycles. The van der Waals surface area contributed by atoms with E-state index in [-0.39, 0.29) is 47.8 Å². The Labute approximate surface area is 320 Å². The standard InChI is InChI=1S/C37H67NO13.3H2O/c1-14-25-37(10,45)30(41)20(4)27(39)18(2)16-35(8,44)32(51-34-28(40)24(38(11)12)15-19(3)47-34)21(5)29(22(6)33(43)49-25)50-26-17-36(9,46-13)31(42)23(7)48-26;;;/h18-26,28-32,34,40-42,44-45H,14-17H2,1-13H3;3*1H2/t18-,19-,20+,21-,22-,23+,24+,25-,26+,28-,29+,30+,31+,32-,34+,35-,36-,37-;;;/m1.../s1. The van der Waals surface area contributed by atoms with Gasteiger partial charge in [0.25, 0.3) is 0 Å². The van der Waals surface area contributed by atoms with E-state index in [1.165, 1.54) is 27.9 Å². The lowest BCUT2D eigenvalue weighted by Gasteiger charge is -2.49. The predicted molar refractivity (Wildman–Crippen MR) is 197 cm³/mol. The van der Waals surface area contributed by atoms with Crippen LogP contribution in [0.5, 0.6) is 0 Å². The molecule has 3 aliphatic rings. The van der Waals surface area contributed by atoms with Crippen molar-refractivity contribution in [3.63, 3.8) is 0 Å². The number of esters is 1. The second kappa shape index (κ2) is 20.3. The van der Waals surface area contributed by atoms with Crippen molar-refractivity contribution in [1.29, 1.82) is 0 Å². The summed E-state index contributed by atoms with van der Waals surface area (Å²) in [6.45, 7) is 16.3. The second-order valence-corrected chi connectivity index (χ2v) is 16.5. The zero-order valence-corrected chi connectivity index (χ0v) is 34.4. The zero-order chi connectivity index (χ0) is 39.0. The molecule has 17 heteroatoms. The number of likely N-dealkylation sites (N-methyl/N-ethyl adjacent to an activating group) is 1.